The van der Waals surface area contributed by atoms with E-state index >= 15 is 0 Å². The first-order chi connectivity index (χ1) is 11.1. The fraction of sp³-hybridized carbons (Fsp3) is 0.222. The molecule has 23 heavy (non-hydrogen) atoms. The average Bonchev–Trinajstić information content (AvgIpc) is 2.55. The highest BCUT2D eigenvalue weighted by atomic mass is 31.2. The van der Waals surface area contributed by atoms with Gasteiger partial charge in [0.1, 0.15) is 11.5 Å². The van der Waals surface area contributed by atoms with Crippen molar-refractivity contribution in [1.29, 1.82) is 0 Å². The molecule has 0 amide bonds. The van der Waals surface area contributed by atoms with Crippen LogP contribution in [0.1, 0.15) is 25.0 Å². The van der Waals surface area contributed by atoms with Crippen molar-refractivity contribution in [2.45, 2.75) is 13.8 Å². The predicted molar refractivity (Wildman–Crippen MR) is 91.1 cm³/mol. The van der Waals surface area contributed by atoms with Crippen molar-refractivity contribution >= 4 is 18.5 Å². The van der Waals surface area contributed by atoms with Crippen molar-refractivity contribution in [2.24, 2.45) is 0 Å². The first-order valence-electron chi connectivity index (χ1n) is 7.48. The number of rotatable bonds is 4. The molecule has 0 bridgehead atoms. The third-order valence-corrected chi connectivity index (χ3v) is 5.83. The fourth-order valence-electron chi connectivity index (χ4n) is 2.78. The molecule has 0 saturated heterocycles. The SMILES string of the molecule is CCOP1(=O)OC(C)=C(c2ccccc2)c2cc(OC)ccc21. The minimum atomic E-state index is -3.36. The Hall–Kier alpha value is -2.03. The third-order valence-electron chi connectivity index (χ3n) is 3.74. The lowest BCUT2D eigenvalue weighted by Crippen LogP contribution is -2.20. The molecule has 2 aromatic carbocycles. The summed E-state index contributed by atoms with van der Waals surface area (Å²) in [5.74, 6) is 1.30. The summed E-state index contributed by atoms with van der Waals surface area (Å²) in [7, 11) is -1.75. The van der Waals surface area contributed by atoms with Gasteiger partial charge >= 0.3 is 7.60 Å². The highest BCUT2D eigenvalue weighted by Crippen LogP contribution is 2.55. The van der Waals surface area contributed by atoms with Gasteiger partial charge in [0.2, 0.25) is 0 Å². The summed E-state index contributed by atoms with van der Waals surface area (Å²) in [6, 6.07) is 15.3. The number of hydrogen-bond acceptors (Lipinski definition) is 4. The monoisotopic (exact) mass is 330 g/mol. The van der Waals surface area contributed by atoms with Gasteiger partial charge in [0.15, 0.2) is 0 Å². The summed E-state index contributed by atoms with van der Waals surface area (Å²) in [6.45, 7) is 3.94. The van der Waals surface area contributed by atoms with Gasteiger partial charge in [-0.15, -0.1) is 0 Å². The Bertz CT molecular complexity index is 796. The van der Waals surface area contributed by atoms with Crippen LogP contribution >= 0.6 is 7.60 Å². The quantitative estimate of drug-likeness (QED) is 0.781. The minimum Gasteiger partial charge on any atom is -0.497 e. The van der Waals surface area contributed by atoms with Crippen LogP contribution in [0.15, 0.2) is 54.3 Å². The van der Waals surface area contributed by atoms with Crippen LogP contribution in [0.4, 0.5) is 0 Å². The average molecular weight is 330 g/mol. The van der Waals surface area contributed by atoms with Gasteiger partial charge in [0.25, 0.3) is 0 Å². The molecule has 0 aliphatic carbocycles. The fourth-order valence-corrected chi connectivity index (χ4v) is 4.59. The van der Waals surface area contributed by atoms with Gasteiger partial charge in [0, 0.05) is 11.1 Å². The molecule has 0 radical (unpaired) electrons. The smallest absolute Gasteiger partial charge is 0.411 e. The van der Waals surface area contributed by atoms with Crippen LogP contribution in [0, 0.1) is 0 Å². The number of ether oxygens (including phenoxy) is 1. The van der Waals surface area contributed by atoms with Crippen molar-refractivity contribution < 1.29 is 18.3 Å². The topological polar surface area (TPSA) is 44.8 Å². The van der Waals surface area contributed by atoms with Gasteiger partial charge in [-0.05, 0) is 37.6 Å². The molecule has 0 saturated carbocycles. The number of fused-ring (bicyclic) bond motifs is 1. The second-order valence-corrected chi connectivity index (χ2v) is 7.10. The van der Waals surface area contributed by atoms with Gasteiger partial charge in [-0.25, -0.2) is 4.57 Å². The van der Waals surface area contributed by atoms with E-state index in [-0.39, 0.29) is 0 Å². The lowest BCUT2D eigenvalue weighted by molar-refractivity contribution is 0.259. The molecule has 0 N–H and O–H groups in total. The van der Waals surface area contributed by atoms with E-state index in [1.807, 2.05) is 43.3 Å². The van der Waals surface area contributed by atoms with Crippen molar-refractivity contribution in [3.8, 4) is 5.75 Å². The van der Waals surface area contributed by atoms with Crippen LogP contribution in [-0.2, 0) is 13.6 Å². The Morgan fingerprint density at radius 3 is 2.52 bits per heavy atom. The number of hydrogen-bond donors (Lipinski definition) is 0. The Labute approximate surface area is 136 Å². The number of methoxy groups -OCH3 is 1. The van der Waals surface area contributed by atoms with Crippen LogP contribution in [0.2, 0.25) is 0 Å². The van der Waals surface area contributed by atoms with E-state index < -0.39 is 7.60 Å². The Balaban J connectivity index is 2.26. The van der Waals surface area contributed by atoms with E-state index in [0.717, 1.165) is 16.7 Å². The molecule has 0 aromatic heterocycles. The van der Waals surface area contributed by atoms with E-state index in [0.29, 0.717) is 23.4 Å². The zero-order valence-corrected chi connectivity index (χ0v) is 14.3. The highest BCUT2D eigenvalue weighted by molar-refractivity contribution is 7.62. The lowest BCUT2D eigenvalue weighted by atomic mass is 9.96. The van der Waals surface area contributed by atoms with Crippen molar-refractivity contribution in [2.75, 3.05) is 13.7 Å². The van der Waals surface area contributed by atoms with Crippen molar-refractivity contribution in [3.63, 3.8) is 0 Å². The first kappa shape index (κ1) is 15.9. The van der Waals surface area contributed by atoms with Crippen molar-refractivity contribution in [1.82, 2.24) is 0 Å². The number of benzene rings is 2. The molecule has 1 atom stereocenters. The van der Waals surface area contributed by atoms with Crippen LogP contribution in [0.3, 0.4) is 0 Å². The van der Waals surface area contributed by atoms with Gasteiger partial charge in [-0.2, -0.15) is 0 Å². The van der Waals surface area contributed by atoms with Gasteiger partial charge in [-0.1, -0.05) is 30.3 Å². The van der Waals surface area contributed by atoms with E-state index in [1.54, 1.807) is 26.2 Å². The molecular formula is C18H19O4P. The maximum absolute atomic E-state index is 13.1. The van der Waals surface area contributed by atoms with Crippen molar-refractivity contribution in [3.05, 3.63) is 65.4 Å². The second kappa shape index (κ2) is 6.23. The summed E-state index contributed by atoms with van der Waals surface area (Å²) in [5, 5.41) is 0.574. The maximum atomic E-state index is 13.1. The maximum Gasteiger partial charge on any atom is 0.411 e. The standard InChI is InChI=1S/C18H19O4P/c1-4-21-23(19)17-11-10-15(20-3)12-16(17)18(13(2)22-23)14-8-6-5-7-9-14/h5-12H,4H2,1-3H3. The molecule has 2 aromatic rings. The summed E-state index contributed by atoms with van der Waals surface area (Å²) in [4.78, 5) is 0. The molecule has 1 heterocycles. The normalized spacial score (nSPS) is 20.0. The van der Waals surface area contributed by atoms with Gasteiger partial charge < -0.3 is 9.26 Å². The van der Waals surface area contributed by atoms with Crippen LogP contribution < -0.4 is 10.0 Å². The predicted octanol–water partition coefficient (Wildman–Crippen LogP) is 4.36. The summed E-state index contributed by atoms with van der Waals surface area (Å²) < 4.78 is 29.7. The summed E-state index contributed by atoms with van der Waals surface area (Å²) >= 11 is 0. The van der Waals surface area contributed by atoms with Crippen LogP contribution in [0.5, 0.6) is 5.75 Å². The van der Waals surface area contributed by atoms with E-state index in [2.05, 4.69) is 0 Å². The molecule has 0 fully saturated rings. The summed E-state index contributed by atoms with van der Waals surface area (Å²) in [6.07, 6.45) is 0. The zero-order valence-electron chi connectivity index (χ0n) is 13.4. The molecule has 4 nitrogen and oxygen atoms in total. The number of allylic oxidation sites excluding steroid dienone is 1. The minimum absolute atomic E-state index is 0.316. The Kier molecular flexibility index (Phi) is 4.29. The van der Waals surface area contributed by atoms with Crippen LogP contribution in [0.25, 0.3) is 5.57 Å². The second-order valence-electron chi connectivity index (χ2n) is 5.19. The zero-order chi connectivity index (χ0) is 16.4. The van der Waals surface area contributed by atoms with Crippen LogP contribution in [-0.4, -0.2) is 13.7 Å². The molecular weight excluding hydrogens is 311 g/mol. The molecule has 1 aliphatic rings. The first-order valence-corrected chi connectivity index (χ1v) is 9.02. The van der Waals surface area contributed by atoms with Gasteiger partial charge in [0.05, 0.1) is 19.0 Å². The van der Waals surface area contributed by atoms with E-state index in [4.69, 9.17) is 13.8 Å². The largest absolute Gasteiger partial charge is 0.497 e. The molecule has 3 rings (SSSR count). The Morgan fingerprint density at radius 1 is 1.13 bits per heavy atom. The third kappa shape index (κ3) is 2.80. The molecule has 0 spiro atoms. The van der Waals surface area contributed by atoms with Gasteiger partial charge in [-0.3, -0.25) is 4.52 Å². The summed E-state index contributed by atoms with van der Waals surface area (Å²) in [5.41, 5.74) is 2.74. The van der Waals surface area contributed by atoms with E-state index in [9.17, 15) is 4.57 Å². The molecule has 5 heteroatoms. The molecule has 1 aliphatic heterocycles. The Morgan fingerprint density at radius 2 is 1.87 bits per heavy atom. The lowest BCUT2D eigenvalue weighted by Gasteiger charge is -2.29. The highest BCUT2D eigenvalue weighted by Gasteiger charge is 2.38. The molecule has 1 unspecified atom stereocenters. The molecule has 120 valence electrons. The van der Waals surface area contributed by atoms with E-state index in [1.165, 1.54) is 0 Å².